The molecule has 1 fully saturated rings. The maximum absolute atomic E-state index is 14.4. The maximum Gasteiger partial charge on any atom is 0.258 e. The first-order valence-corrected chi connectivity index (χ1v) is 13.5. The van der Waals surface area contributed by atoms with Crippen molar-refractivity contribution in [1.82, 2.24) is 24.5 Å². The summed E-state index contributed by atoms with van der Waals surface area (Å²) in [6.07, 6.45) is 1.91. The number of halogens is 1. The van der Waals surface area contributed by atoms with E-state index in [1.165, 1.54) is 17.0 Å². The van der Waals surface area contributed by atoms with Gasteiger partial charge in [0.1, 0.15) is 12.4 Å². The van der Waals surface area contributed by atoms with Gasteiger partial charge in [-0.3, -0.25) is 14.4 Å². The van der Waals surface area contributed by atoms with Crippen LogP contribution in [0.3, 0.4) is 0 Å². The third-order valence-electron chi connectivity index (χ3n) is 8.36. The van der Waals surface area contributed by atoms with Crippen LogP contribution in [0, 0.1) is 0 Å². The van der Waals surface area contributed by atoms with Crippen LogP contribution in [0.2, 0.25) is 5.02 Å². The number of ketones is 2. The number of benzene rings is 3. The molecule has 1 spiro atoms. The molecule has 0 N–H and O–H groups in total. The molecule has 1 amide bonds. The van der Waals surface area contributed by atoms with Crippen molar-refractivity contribution < 1.29 is 19.1 Å². The van der Waals surface area contributed by atoms with E-state index in [0.717, 1.165) is 5.56 Å². The Hall–Kier alpha value is -4.73. The van der Waals surface area contributed by atoms with E-state index in [1.807, 2.05) is 36.4 Å². The van der Waals surface area contributed by atoms with Crippen LogP contribution < -0.4 is 0 Å². The normalized spacial score (nSPS) is 22.3. The summed E-state index contributed by atoms with van der Waals surface area (Å²) in [6.45, 7) is 0.224. The van der Waals surface area contributed by atoms with Crippen LogP contribution in [0.5, 0.6) is 0 Å². The van der Waals surface area contributed by atoms with Crippen LogP contribution in [0.1, 0.15) is 59.9 Å². The summed E-state index contributed by atoms with van der Waals surface area (Å²) in [5.41, 5.74) is 0.866. The maximum atomic E-state index is 14.4. The average molecular weight is 562 g/mol. The molecule has 10 heteroatoms. The SMILES string of the molecule is O=C1c2cnc3ncnn3c2[C@H]2OC3(C(=O)c4ccccc4C3=O)[C@H](c3cccc(Cl)c3)[C@H]2N1Cc1ccccc1. The Bertz CT molecular complexity index is 1890. The smallest absolute Gasteiger partial charge is 0.258 e. The van der Waals surface area contributed by atoms with E-state index in [2.05, 4.69) is 15.1 Å². The first-order valence-electron chi connectivity index (χ1n) is 13.1. The second kappa shape index (κ2) is 8.63. The summed E-state index contributed by atoms with van der Waals surface area (Å²) in [5.74, 6) is -1.77. The number of fused-ring (bicyclic) bond motifs is 6. The monoisotopic (exact) mass is 561 g/mol. The molecule has 5 aromatic rings. The van der Waals surface area contributed by atoms with Gasteiger partial charge in [0.15, 0.2) is 0 Å². The molecule has 0 bridgehead atoms. The minimum absolute atomic E-state index is 0.224. The minimum atomic E-state index is -1.92. The fourth-order valence-corrected chi connectivity index (χ4v) is 6.90. The largest absolute Gasteiger partial charge is 0.346 e. The minimum Gasteiger partial charge on any atom is -0.346 e. The number of carbonyl (C=O) groups is 3. The Morgan fingerprint density at radius 2 is 1.59 bits per heavy atom. The number of ether oxygens (including phenoxy) is 1. The van der Waals surface area contributed by atoms with Crippen LogP contribution in [-0.2, 0) is 11.3 Å². The highest BCUT2D eigenvalue weighted by atomic mass is 35.5. The molecular formula is C31H20ClN5O4. The molecule has 3 atom stereocenters. The van der Waals surface area contributed by atoms with Gasteiger partial charge in [0.2, 0.25) is 17.2 Å². The van der Waals surface area contributed by atoms with Crippen molar-refractivity contribution >= 4 is 34.9 Å². The highest BCUT2D eigenvalue weighted by Crippen LogP contribution is 2.58. The van der Waals surface area contributed by atoms with Gasteiger partial charge in [-0.05, 0) is 23.3 Å². The fourth-order valence-electron chi connectivity index (χ4n) is 6.71. The van der Waals surface area contributed by atoms with Gasteiger partial charge < -0.3 is 9.64 Å². The number of amides is 1. The Balaban J connectivity index is 1.42. The quantitative estimate of drug-likeness (QED) is 0.299. The number of aromatic nitrogens is 4. The first kappa shape index (κ1) is 24.1. The van der Waals surface area contributed by atoms with E-state index in [1.54, 1.807) is 47.4 Å². The van der Waals surface area contributed by atoms with Crippen LogP contribution in [-0.4, -0.2) is 53.6 Å². The van der Waals surface area contributed by atoms with Crippen molar-refractivity contribution in [2.75, 3.05) is 0 Å². The number of nitrogens with zero attached hydrogens (tertiary/aromatic N) is 5. The van der Waals surface area contributed by atoms with E-state index in [9.17, 15) is 14.4 Å². The van der Waals surface area contributed by atoms with E-state index in [0.29, 0.717) is 27.4 Å². The third kappa shape index (κ3) is 3.21. The van der Waals surface area contributed by atoms with Gasteiger partial charge in [-0.2, -0.15) is 14.6 Å². The lowest BCUT2D eigenvalue weighted by atomic mass is 9.73. The second-order valence-electron chi connectivity index (χ2n) is 10.4. The lowest BCUT2D eigenvalue weighted by Crippen LogP contribution is -2.52. The molecule has 2 aromatic heterocycles. The van der Waals surface area contributed by atoms with Crippen LogP contribution in [0.25, 0.3) is 5.78 Å². The van der Waals surface area contributed by atoms with Crippen molar-refractivity contribution in [2.24, 2.45) is 0 Å². The van der Waals surface area contributed by atoms with E-state index in [-0.39, 0.29) is 23.8 Å². The lowest BCUT2D eigenvalue weighted by Gasteiger charge is -2.40. The zero-order valence-electron chi connectivity index (χ0n) is 21.3. The Labute approximate surface area is 238 Å². The molecule has 9 nitrogen and oxygen atoms in total. The number of rotatable bonds is 3. The van der Waals surface area contributed by atoms with Gasteiger partial charge in [0.05, 0.1) is 23.2 Å². The summed E-state index contributed by atoms with van der Waals surface area (Å²) in [7, 11) is 0. The molecule has 2 aliphatic heterocycles. The fraction of sp³-hybridized carbons (Fsp3) is 0.161. The average Bonchev–Trinajstić information content (AvgIpc) is 3.67. The zero-order valence-corrected chi connectivity index (χ0v) is 22.1. The summed E-state index contributed by atoms with van der Waals surface area (Å²) < 4.78 is 8.26. The first-order chi connectivity index (χ1) is 20.0. The van der Waals surface area contributed by atoms with E-state index >= 15 is 0 Å². The molecule has 3 aliphatic rings. The Kier molecular flexibility index (Phi) is 5.07. The molecule has 0 saturated carbocycles. The molecule has 4 heterocycles. The van der Waals surface area contributed by atoms with Crippen molar-refractivity contribution in [3.8, 4) is 0 Å². The molecule has 41 heavy (non-hydrogen) atoms. The topological polar surface area (TPSA) is 107 Å². The van der Waals surface area contributed by atoms with Gasteiger partial charge >= 0.3 is 0 Å². The molecule has 200 valence electrons. The van der Waals surface area contributed by atoms with E-state index in [4.69, 9.17) is 16.3 Å². The summed E-state index contributed by atoms with van der Waals surface area (Å²) in [5, 5.41) is 4.78. The predicted octanol–water partition coefficient (Wildman–Crippen LogP) is 4.48. The number of carbonyl (C=O) groups excluding carboxylic acids is 3. The van der Waals surface area contributed by atoms with Crippen LogP contribution in [0.4, 0.5) is 0 Å². The molecular weight excluding hydrogens is 542 g/mol. The van der Waals surface area contributed by atoms with E-state index < -0.39 is 35.2 Å². The summed E-state index contributed by atoms with van der Waals surface area (Å²) in [6, 6.07) is 22.6. The van der Waals surface area contributed by atoms with Crippen LogP contribution >= 0.6 is 11.6 Å². The molecule has 1 saturated heterocycles. The summed E-state index contributed by atoms with van der Waals surface area (Å²) in [4.78, 5) is 53.3. The Morgan fingerprint density at radius 1 is 0.854 bits per heavy atom. The standard InChI is InChI=1S/C31H20ClN5O4/c32-19-10-6-9-18(13-19)23-25-26(41-31(23)27(38)20-11-4-5-12-21(20)28(31)39)24-22(14-33-30-34-16-35-37(24)30)29(40)36(25)15-17-7-2-1-3-8-17/h1-14,16,23,25-26H,15H2/t23-,25-,26-/m1/s1. The number of hydrogen-bond acceptors (Lipinski definition) is 7. The molecule has 0 unspecified atom stereocenters. The molecule has 3 aromatic carbocycles. The van der Waals surface area contributed by atoms with Gasteiger partial charge in [0, 0.05) is 28.9 Å². The Morgan fingerprint density at radius 3 is 2.32 bits per heavy atom. The zero-order chi connectivity index (χ0) is 27.9. The number of Topliss-reactive ketones (excluding diaryl/α,β-unsaturated/α-hetero) is 2. The predicted molar refractivity (Wildman–Crippen MR) is 147 cm³/mol. The van der Waals surface area contributed by atoms with Gasteiger partial charge in [0.25, 0.3) is 11.7 Å². The molecule has 8 rings (SSSR count). The van der Waals surface area contributed by atoms with Gasteiger partial charge in [-0.15, -0.1) is 0 Å². The molecule has 0 radical (unpaired) electrons. The lowest BCUT2D eigenvalue weighted by molar-refractivity contribution is -0.0248. The van der Waals surface area contributed by atoms with Crippen LogP contribution in [0.15, 0.2) is 91.4 Å². The molecule has 1 aliphatic carbocycles. The van der Waals surface area contributed by atoms with Crippen molar-refractivity contribution in [3.05, 3.63) is 130 Å². The summed E-state index contributed by atoms with van der Waals surface area (Å²) >= 11 is 6.47. The van der Waals surface area contributed by atoms with Crippen molar-refractivity contribution in [2.45, 2.75) is 30.2 Å². The highest BCUT2D eigenvalue weighted by Gasteiger charge is 2.70. The number of hydrogen-bond donors (Lipinski definition) is 0. The van der Waals surface area contributed by atoms with Crippen molar-refractivity contribution in [1.29, 1.82) is 0 Å². The van der Waals surface area contributed by atoms with Gasteiger partial charge in [-0.25, -0.2) is 4.98 Å². The third-order valence-corrected chi connectivity index (χ3v) is 8.60. The van der Waals surface area contributed by atoms with Gasteiger partial charge in [-0.1, -0.05) is 78.3 Å². The highest BCUT2D eigenvalue weighted by molar-refractivity contribution is 6.33. The van der Waals surface area contributed by atoms with Crippen molar-refractivity contribution in [3.63, 3.8) is 0 Å². The second-order valence-corrected chi connectivity index (χ2v) is 10.9.